The summed E-state index contributed by atoms with van der Waals surface area (Å²) in [5, 5.41) is 8.36. The Bertz CT molecular complexity index is 151. The molecule has 9 heavy (non-hydrogen) atoms. The van der Waals surface area contributed by atoms with Crippen molar-refractivity contribution in [1.82, 2.24) is 0 Å². The van der Waals surface area contributed by atoms with Crippen molar-refractivity contribution in [3.63, 3.8) is 0 Å². The Hall–Kier alpha value is 0.467. The first kappa shape index (κ1) is 12.2. The van der Waals surface area contributed by atoms with Crippen LogP contribution in [0.2, 0.25) is 0 Å². The van der Waals surface area contributed by atoms with Crippen LogP contribution in [0.4, 0.5) is 0 Å². The minimum absolute atomic E-state index is 0. The second-order valence-corrected chi connectivity index (χ2v) is 2.95. The fourth-order valence-electron chi connectivity index (χ4n) is 0.211. The largest absolute Gasteiger partial charge is 0.375 e. The van der Waals surface area contributed by atoms with Crippen LogP contribution in [0.3, 0.4) is 0 Å². The van der Waals surface area contributed by atoms with Crippen LogP contribution in [0.25, 0.3) is 0 Å². The van der Waals surface area contributed by atoms with Gasteiger partial charge >= 0.3 is 0 Å². The summed E-state index contributed by atoms with van der Waals surface area (Å²) in [5.74, 6) is 0. The van der Waals surface area contributed by atoms with Gasteiger partial charge in [-0.3, -0.25) is 4.55 Å². The zero-order valence-electron chi connectivity index (χ0n) is 5.40. The molecule has 0 rings (SSSR count). The fourth-order valence-corrected chi connectivity index (χ4v) is 0.632. The number of hydrogen-bond donors (Lipinski definition) is 2. The maximum absolute atomic E-state index is 9.87. The molecule has 2 N–H and O–H groups in total. The van der Waals surface area contributed by atoms with Gasteiger partial charge in [0.1, 0.15) is 0 Å². The van der Waals surface area contributed by atoms with E-state index in [9.17, 15) is 8.42 Å². The second-order valence-electron chi connectivity index (χ2n) is 1.38. The van der Waals surface area contributed by atoms with Crippen molar-refractivity contribution < 1.29 is 18.1 Å². The summed E-state index contributed by atoms with van der Waals surface area (Å²) in [5.41, 5.74) is -1.62. The molecule has 0 fully saturated rings. The zero-order valence-corrected chi connectivity index (χ0v) is 6.22. The summed E-state index contributed by atoms with van der Waals surface area (Å²) in [4.78, 5) is 0. The van der Waals surface area contributed by atoms with Gasteiger partial charge in [-0.1, -0.05) is 6.92 Å². The van der Waals surface area contributed by atoms with Gasteiger partial charge in [0.15, 0.2) is 5.44 Å². The summed E-state index contributed by atoms with van der Waals surface area (Å²) in [6.45, 7) is 1.46. The number of aliphatic hydroxyl groups excluding tert-OH is 1. The van der Waals surface area contributed by atoms with Crippen LogP contribution in [-0.2, 0) is 10.1 Å². The Morgan fingerprint density at radius 1 is 1.56 bits per heavy atom. The summed E-state index contributed by atoms with van der Waals surface area (Å²) >= 11 is 0. The first-order valence-corrected chi connectivity index (χ1v) is 3.63. The molecule has 6 heteroatoms. The maximum atomic E-state index is 9.87. The number of rotatable bonds is 2. The SMILES string of the molecule is CCC(O)S(=O)(=O)O.[Li]. The normalized spacial score (nSPS) is 14.1. The predicted octanol–water partition coefficient (Wildman–Crippen LogP) is -0.778. The molecule has 1 radical (unpaired) electrons. The van der Waals surface area contributed by atoms with Crippen molar-refractivity contribution >= 4 is 29.0 Å². The van der Waals surface area contributed by atoms with Gasteiger partial charge in [0, 0.05) is 18.9 Å². The Kier molecular flexibility index (Phi) is 5.83. The zero-order chi connectivity index (χ0) is 6.78. The van der Waals surface area contributed by atoms with Crippen LogP contribution in [0.5, 0.6) is 0 Å². The van der Waals surface area contributed by atoms with Gasteiger partial charge in [0.2, 0.25) is 0 Å². The molecule has 0 aromatic heterocycles. The molecule has 0 bridgehead atoms. The quantitative estimate of drug-likeness (QED) is 0.397. The van der Waals surface area contributed by atoms with Crippen molar-refractivity contribution in [3.05, 3.63) is 0 Å². The molecule has 0 aliphatic rings. The molecule has 4 nitrogen and oxygen atoms in total. The molecule has 0 aromatic rings. The molecule has 0 saturated carbocycles. The van der Waals surface area contributed by atoms with Crippen LogP contribution in [0.15, 0.2) is 0 Å². The summed E-state index contributed by atoms with van der Waals surface area (Å²) < 4.78 is 27.7. The third kappa shape index (κ3) is 4.94. The van der Waals surface area contributed by atoms with Crippen LogP contribution in [-0.4, -0.2) is 42.4 Å². The smallest absolute Gasteiger partial charge is 0.291 e. The fraction of sp³-hybridized carbons (Fsp3) is 1.00. The molecule has 0 heterocycles. The molecular weight excluding hydrogens is 139 g/mol. The maximum Gasteiger partial charge on any atom is 0.291 e. The number of aliphatic hydroxyl groups is 1. The van der Waals surface area contributed by atoms with E-state index in [1.54, 1.807) is 0 Å². The van der Waals surface area contributed by atoms with Gasteiger partial charge in [0.25, 0.3) is 10.1 Å². The summed E-state index contributed by atoms with van der Waals surface area (Å²) in [7, 11) is -4.20. The Labute approximate surface area is 66.2 Å². The number of hydrogen-bond acceptors (Lipinski definition) is 3. The van der Waals surface area contributed by atoms with Crippen LogP contribution >= 0.6 is 0 Å². The van der Waals surface area contributed by atoms with Gasteiger partial charge < -0.3 is 5.11 Å². The van der Waals surface area contributed by atoms with E-state index in [1.165, 1.54) is 6.92 Å². The second kappa shape index (κ2) is 4.31. The van der Waals surface area contributed by atoms with E-state index in [0.717, 1.165) is 0 Å². The minimum atomic E-state index is -4.20. The molecule has 0 aliphatic heterocycles. The van der Waals surface area contributed by atoms with E-state index in [-0.39, 0.29) is 25.3 Å². The molecule has 1 atom stereocenters. The van der Waals surface area contributed by atoms with E-state index >= 15 is 0 Å². The Balaban J connectivity index is 0. The van der Waals surface area contributed by atoms with Crippen molar-refractivity contribution in [2.75, 3.05) is 0 Å². The van der Waals surface area contributed by atoms with Gasteiger partial charge in [-0.15, -0.1) is 0 Å². The standard InChI is InChI=1S/C3H8O4S.Li/c1-2-3(4)8(5,6)7;/h3-4H,2H2,1H3,(H,5,6,7);. The van der Waals surface area contributed by atoms with E-state index < -0.39 is 15.6 Å². The minimum Gasteiger partial charge on any atom is -0.375 e. The molecule has 1 unspecified atom stereocenters. The molecular formula is C3H8LiO4S. The van der Waals surface area contributed by atoms with Crippen LogP contribution in [0.1, 0.15) is 13.3 Å². The summed E-state index contributed by atoms with van der Waals surface area (Å²) in [6.07, 6.45) is 0.0127. The van der Waals surface area contributed by atoms with Crippen LogP contribution < -0.4 is 0 Å². The van der Waals surface area contributed by atoms with Crippen molar-refractivity contribution in [2.24, 2.45) is 0 Å². The first-order valence-electron chi connectivity index (χ1n) is 2.13. The van der Waals surface area contributed by atoms with Gasteiger partial charge in [-0.2, -0.15) is 8.42 Å². The molecule has 0 saturated heterocycles. The molecule has 51 valence electrons. The van der Waals surface area contributed by atoms with Crippen molar-refractivity contribution in [1.29, 1.82) is 0 Å². The third-order valence-electron chi connectivity index (χ3n) is 0.693. The summed E-state index contributed by atoms with van der Waals surface area (Å²) in [6, 6.07) is 0. The Morgan fingerprint density at radius 2 is 1.89 bits per heavy atom. The Morgan fingerprint density at radius 3 is 1.89 bits per heavy atom. The van der Waals surface area contributed by atoms with Crippen LogP contribution in [0, 0.1) is 0 Å². The van der Waals surface area contributed by atoms with E-state index in [2.05, 4.69) is 0 Å². The van der Waals surface area contributed by atoms with Gasteiger partial charge in [-0.05, 0) is 6.42 Å². The average molecular weight is 147 g/mol. The van der Waals surface area contributed by atoms with Crippen molar-refractivity contribution in [3.8, 4) is 0 Å². The molecule has 0 aliphatic carbocycles. The monoisotopic (exact) mass is 147 g/mol. The van der Waals surface area contributed by atoms with Crippen molar-refractivity contribution in [2.45, 2.75) is 18.8 Å². The van der Waals surface area contributed by atoms with Gasteiger partial charge in [0.05, 0.1) is 0 Å². The first-order chi connectivity index (χ1) is 3.48. The van der Waals surface area contributed by atoms with Gasteiger partial charge in [-0.25, -0.2) is 0 Å². The van der Waals surface area contributed by atoms with E-state index in [4.69, 9.17) is 9.66 Å². The molecule has 0 amide bonds. The van der Waals surface area contributed by atoms with E-state index in [0.29, 0.717) is 0 Å². The third-order valence-corrected chi connectivity index (χ3v) is 1.71. The topological polar surface area (TPSA) is 74.6 Å². The predicted molar refractivity (Wildman–Crippen MR) is 33.6 cm³/mol. The molecule has 0 aromatic carbocycles. The van der Waals surface area contributed by atoms with E-state index in [1.807, 2.05) is 0 Å². The molecule has 0 spiro atoms. The average Bonchev–Trinajstić information content (AvgIpc) is 1.62.